The summed E-state index contributed by atoms with van der Waals surface area (Å²) in [4.78, 5) is 3.53. The Hall–Kier alpha value is -0.960. The third-order valence-corrected chi connectivity index (χ3v) is 4.38. The zero-order chi connectivity index (χ0) is 12.1. The Morgan fingerprint density at radius 1 is 1.24 bits per heavy atom. The van der Waals surface area contributed by atoms with Crippen LogP contribution in [0, 0.1) is 12.3 Å². The molecule has 0 aliphatic carbocycles. The molecule has 0 atom stereocenters. The Kier molecular flexibility index (Phi) is 4.49. The standard InChI is InChI=1S/C14H20N2S/c1-12-7-3-4-8-13(12)17-11-14(15)16-9-5-2-6-10-16/h3-4,7-8,15H,2,5-6,9-11H2,1H3. The number of hydrogen-bond donors (Lipinski definition) is 1. The van der Waals surface area contributed by atoms with E-state index in [9.17, 15) is 0 Å². The Bertz CT molecular complexity index is 384. The lowest BCUT2D eigenvalue weighted by atomic mass is 10.1. The van der Waals surface area contributed by atoms with Crippen molar-refractivity contribution in [3.8, 4) is 0 Å². The van der Waals surface area contributed by atoms with E-state index in [0.29, 0.717) is 0 Å². The summed E-state index contributed by atoms with van der Waals surface area (Å²) in [6.45, 7) is 4.28. The average molecular weight is 248 g/mol. The molecule has 1 aromatic carbocycles. The van der Waals surface area contributed by atoms with Gasteiger partial charge in [0.1, 0.15) is 5.84 Å². The van der Waals surface area contributed by atoms with E-state index in [1.807, 2.05) is 0 Å². The Balaban J connectivity index is 1.85. The molecule has 1 aliphatic rings. The zero-order valence-corrected chi connectivity index (χ0v) is 11.2. The van der Waals surface area contributed by atoms with Gasteiger partial charge in [0, 0.05) is 18.0 Å². The highest BCUT2D eigenvalue weighted by Gasteiger charge is 2.13. The molecule has 1 aromatic rings. The van der Waals surface area contributed by atoms with Gasteiger partial charge in [0.05, 0.1) is 5.75 Å². The third-order valence-electron chi connectivity index (χ3n) is 3.20. The molecule has 0 saturated carbocycles. The fourth-order valence-electron chi connectivity index (χ4n) is 2.12. The largest absolute Gasteiger partial charge is 0.360 e. The first-order valence-corrected chi connectivity index (χ1v) is 7.27. The lowest BCUT2D eigenvalue weighted by molar-refractivity contribution is 0.339. The first kappa shape index (κ1) is 12.5. The number of benzene rings is 1. The van der Waals surface area contributed by atoms with Gasteiger partial charge in [-0.1, -0.05) is 18.2 Å². The third kappa shape index (κ3) is 3.50. The van der Waals surface area contributed by atoms with Gasteiger partial charge in [-0.3, -0.25) is 5.41 Å². The molecule has 1 heterocycles. The van der Waals surface area contributed by atoms with Gasteiger partial charge in [-0.25, -0.2) is 0 Å². The minimum absolute atomic E-state index is 0.790. The number of aryl methyl sites for hydroxylation is 1. The lowest BCUT2D eigenvalue weighted by Crippen LogP contribution is -2.36. The van der Waals surface area contributed by atoms with E-state index in [2.05, 4.69) is 36.1 Å². The van der Waals surface area contributed by atoms with Gasteiger partial charge in [-0.2, -0.15) is 0 Å². The second-order valence-electron chi connectivity index (χ2n) is 4.55. The summed E-state index contributed by atoms with van der Waals surface area (Å²) in [6, 6.07) is 8.41. The summed E-state index contributed by atoms with van der Waals surface area (Å²) in [5.74, 6) is 1.59. The maximum Gasteiger partial charge on any atom is 0.106 e. The molecule has 0 amide bonds. The molecule has 3 heteroatoms. The van der Waals surface area contributed by atoms with Crippen LogP contribution in [0.3, 0.4) is 0 Å². The SMILES string of the molecule is Cc1ccccc1SCC(=N)N1CCCCC1. The molecule has 92 valence electrons. The molecule has 1 fully saturated rings. The molecule has 2 nitrogen and oxygen atoms in total. The number of hydrogen-bond acceptors (Lipinski definition) is 2. The predicted octanol–water partition coefficient (Wildman–Crippen LogP) is 3.55. The molecule has 0 bridgehead atoms. The summed E-state index contributed by atoms with van der Waals surface area (Å²) in [5, 5.41) is 8.11. The smallest absolute Gasteiger partial charge is 0.106 e. The molecule has 0 radical (unpaired) electrons. The van der Waals surface area contributed by atoms with Crippen molar-refractivity contribution in [2.45, 2.75) is 31.1 Å². The van der Waals surface area contributed by atoms with E-state index in [-0.39, 0.29) is 0 Å². The van der Waals surface area contributed by atoms with Gasteiger partial charge in [0.2, 0.25) is 0 Å². The van der Waals surface area contributed by atoms with Gasteiger partial charge in [-0.15, -0.1) is 11.8 Å². The summed E-state index contributed by atoms with van der Waals surface area (Å²) < 4.78 is 0. The van der Waals surface area contributed by atoms with Crippen LogP contribution in [0.5, 0.6) is 0 Å². The molecular formula is C14H20N2S. The van der Waals surface area contributed by atoms with E-state index < -0.39 is 0 Å². The highest BCUT2D eigenvalue weighted by Crippen LogP contribution is 2.22. The quantitative estimate of drug-likeness (QED) is 0.503. The monoisotopic (exact) mass is 248 g/mol. The molecule has 1 N–H and O–H groups in total. The maximum atomic E-state index is 8.11. The van der Waals surface area contributed by atoms with Gasteiger partial charge in [0.15, 0.2) is 0 Å². The van der Waals surface area contributed by atoms with Crippen LogP contribution in [0.15, 0.2) is 29.2 Å². The van der Waals surface area contributed by atoms with Crippen LogP contribution in [0.1, 0.15) is 24.8 Å². The van der Waals surface area contributed by atoms with Crippen molar-refractivity contribution >= 4 is 17.6 Å². The highest BCUT2D eigenvalue weighted by atomic mass is 32.2. The molecule has 0 spiro atoms. The minimum Gasteiger partial charge on any atom is -0.360 e. The van der Waals surface area contributed by atoms with Crippen molar-refractivity contribution in [3.63, 3.8) is 0 Å². The zero-order valence-electron chi connectivity index (χ0n) is 10.4. The number of nitrogens with one attached hydrogen (secondary N) is 1. The minimum atomic E-state index is 0.790. The first-order valence-electron chi connectivity index (χ1n) is 6.28. The van der Waals surface area contributed by atoms with Crippen LogP contribution in [0.4, 0.5) is 0 Å². The fourth-order valence-corrected chi connectivity index (χ4v) is 3.06. The Morgan fingerprint density at radius 2 is 1.94 bits per heavy atom. The molecule has 1 aliphatic heterocycles. The molecule has 2 rings (SSSR count). The second-order valence-corrected chi connectivity index (χ2v) is 5.57. The van der Waals surface area contributed by atoms with Crippen LogP contribution in [0.2, 0.25) is 0 Å². The van der Waals surface area contributed by atoms with E-state index in [0.717, 1.165) is 24.7 Å². The Morgan fingerprint density at radius 3 is 2.65 bits per heavy atom. The van der Waals surface area contributed by atoms with Gasteiger partial charge >= 0.3 is 0 Å². The maximum absolute atomic E-state index is 8.11. The van der Waals surface area contributed by atoms with Crippen molar-refractivity contribution < 1.29 is 0 Å². The number of likely N-dealkylation sites (tertiary alicyclic amines) is 1. The van der Waals surface area contributed by atoms with Crippen LogP contribution >= 0.6 is 11.8 Å². The summed E-state index contributed by atoms with van der Waals surface area (Å²) in [5.41, 5.74) is 1.31. The van der Waals surface area contributed by atoms with E-state index in [1.165, 1.54) is 29.7 Å². The van der Waals surface area contributed by atoms with Crippen molar-refractivity contribution in [1.82, 2.24) is 4.90 Å². The fraction of sp³-hybridized carbons (Fsp3) is 0.500. The second kappa shape index (κ2) is 6.10. The lowest BCUT2D eigenvalue weighted by Gasteiger charge is -2.28. The van der Waals surface area contributed by atoms with Crippen LogP contribution < -0.4 is 0 Å². The van der Waals surface area contributed by atoms with Crippen LogP contribution in [0.25, 0.3) is 0 Å². The summed E-state index contributed by atoms with van der Waals surface area (Å²) in [6.07, 6.45) is 3.82. The van der Waals surface area contributed by atoms with Gasteiger partial charge in [0.25, 0.3) is 0 Å². The normalized spacial score (nSPS) is 15.9. The predicted molar refractivity (Wildman–Crippen MR) is 75.1 cm³/mol. The summed E-state index contributed by atoms with van der Waals surface area (Å²) >= 11 is 1.78. The highest BCUT2D eigenvalue weighted by molar-refractivity contribution is 8.00. The molecule has 1 saturated heterocycles. The molecule has 17 heavy (non-hydrogen) atoms. The number of thioether (sulfide) groups is 1. The number of nitrogens with zero attached hydrogens (tertiary/aromatic N) is 1. The van der Waals surface area contributed by atoms with Gasteiger partial charge in [-0.05, 0) is 37.8 Å². The molecule has 0 aromatic heterocycles. The average Bonchev–Trinajstić information content (AvgIpc) is 2.38. The van der Waals surface area contributed by atoms with Crippen molar-refractivity contribution in [2.24, 2.45) is 0 Å². The number of amidine groups is 1. The van der Waals surface area contributed by atoms with Crippen molar-refractivity contribution in [1.29, 1.82) is 5.41 Å². The van der Waals surface area contributed by atoms with Crippen LogP contribution in [-0.4, -0.2) is 29.6 Å². The molecule has 0 unspecified atom stereocenters. The summed E-state index contributed by atoms with van der Waals surface area (Å²) in [7, 11) is 0. The topological polar surface area (TPSA) is 27.1 Å². The number of piperidine rings is 1. The number of rotatable bonds is 3. The van der Waals surface area contributed by atoms with E-state index >= 15 is 0 Å². The van der Waals surface area contributed by atoms with Crippen LogP contribution in [-0.2, 0) is 0 Å². The Labute approximate surface area is 108 Å². The molecular weight excluding hydrogens is 228 g/mol. The van der Waals surface area contributed by atoms with Crippen molar-refractivity contribution in [2.75, 3.05) is 18.8 Å². The van der Waals surface area contributed by atoms with E-state index in [1.54, 1.807) is 11.8 Å². The van der Waals surface area contributed by atoms with Gasteiger partial charge < -0.3 is 4.90 Å². The van der Waals surface area contributed by atoms with Crippen molar-refractivity contribution in [3.05, 3.63) is 29.8 Å². The van der Waals surface area contributed by atoms with E-state index in [4.69, 9.17) is 5.41 Å². The first-order chi connectivity index (χ1) is 8.27.